The third kappa shape index (κ3) is 2.51. The van der Waals surface area contributed by atoms with Gasteiger partial charge in [0.25, 0.3) is 0 Å². The normalized spacial score (nSPS) is 30.9. The Morgan fingerprint density at radius 3 is 2.87 bits per heavy atom. The lowest BCUT2D eigenvalue weighted by molar-refractivity contribution is -0.132. The Labute approximate surface area is 92.0 Å². The Hall–Kier alpha value is -0.570. The largest absolute Gasteiger partial charge is 0.339 e. The zero-order valence-electron chi connectivity index (χ0n) is 9.61. The van der Waals surface area contributed by atoms with Gasteiger partial charge in [0.15, 0.2) is 0 Å². The monoisotopic (exact) mass is 210 g/mol. The number of rotatable bonds is 4. The molecule has 3 atom stereocenters. The average molecular weight is 210 g/mol. The first-order chi connectivity index (χ1) is 7.16. The minimum absolute atomic E-state index is 0.229. The molecule has 1 aliphatic carbocycles. The molecular weight excluding hydrogens is 188 g/mol. The Kier molecular flexibility index (Phi) is 3.29. The maximum atomic E-state index is 11.9. The number of piperidine rings is 1. The summed E-state index contributed by atoms with van der Waals surface area (Å²) in [5.41, 5.74) is 5.67. The lowest BCUT2D eigenvalue weighted by Gasteiger charge is -2.27. The van der Waals surface area contributed by atoms with Gasteiger partial charge in [-0.1, -0.05) is 0 Å². The Morgan fingerprint density at radius 1 is 1.53 bits per heavy atom. The van der Waals surface area contributed by atoms with E-state index in [9.17, 15) is 4.79 Å². The molecule has 1 saturated heterocycles. The minimum Gasteiger partial charge on any atom is -0.339 e. The molecule has 2 fully saturated rings. The van der Waals surface area contributed by atoms with Crippen LogP contribution in [0.2, 0.25) is 0 Å². The Balaban J connectivity index is 1.72. The molecule has 2 rings (SSSR count). The van der Waals surface area contributed by atoms with Crippen LogP contribution in [0.5, 0.6) is 0 Å². The van der Waals surface area contributed by atoms with Gasteiger partial charge in [-0.25, -0.2) is 0 Å². The van der Waals surface area contributed by atoms with Crippen molar-refractivity contribution in [2.24, 2.45) is 11.7 Å². The molecule has 1 aliphatic heterocycles. The number of amides is 1. The quantitative estimate of drug-likeness (QED) is 0.764. The molecule has 3 heteroatoms. The molecule has 1 amide bonds. The van der Waals surface area contributed by atoms with Crippen molar-refractivity contribution in [3.05, 3.63) is 0 Å². The van der Waals surface area contributed by atoms with E-state index in [1.807, 2.05) is 6.92 Å². The lowest BCUT2D eigenvalue weighted by Crippen LogP contribution is -2.37. The smallest absolute Gasteiger partial charge is 0.222 e. The molecule has 15 heavy (non-hydrogen) atoms. The predicted molar refractivity (Wildman–Crippen MR) is 60.3 cm³/mol. The average Bonchev–Trinajstić information content (AvgIpc) is 2.77. The van der Waals surface area contributed by atoms with E-state index in [4.69, 9.17) is 5.73 Å². The molecular formula is C12H22N2O. The fourth-order valence-electron chi connectivity index (χ4n) is 2.95. The number of nitrogens with two attached hydrogens (primary N) is 1. The van der Waals surface area contributed by atoms with Crippen LogP contribution in [0.15, 0.2) is 0 Å². The summed E-state index contributed by atoms with van der Waals surface area (Å²) in [5, 5.41) is 0. The van der Waals surface area contributed by atoms with Gasteiger partial charge in [0.1, 0.15) is 0 Å². The number of fused-ring (bicyclic) bond motifs is 2. The van der Waals surface area contributed by atoms with E-state index in [0.29, 0.717) is 18.4 Å². The number of carbonyl (C=O) groups is 1. The van der Waals surface area contributed by atoms with Crippen LogP contribution in [0.4, 0.5) is 0 Å². The van der Waals surface area contributed by atoms with Gasteiger partial charge in [0.2, 0.25) is 5.91 Å². The van der Waals surface area contributed by atoms with Crippen LogP contribution in [0.25, 0.3) is 0 Å². The van der Waals surface area contributed by atoms with Crippen molar-refractivity contribution in [1.29, 1.82) is 0 Å². The van der Waals surface area contributed by atoms with Crippen molar-refractivity contribution in [3.63, 3.8) is 0 Å². The molecule has 0 aromatic heterocycles. The van der Waals surface area contributed by atoms with Crippen LogP contribution in [0.1, 0.15) is 45.4 Å². The molecule has 0 aromatic carbocycles. The summed E-state index contributed by atoms with van der Waals surface area (Å²) in [6.07, 6.45) is 6.46. The maximum absolute atomic E-state index is 11.9. The molecule has 2 aliphatic rings. The summed E-state index contributed by atoms with van der Waals surface area (Å²) < 4.78 is 0. The van der Waals surface area contributed by atoms with Crippen LogP contribution in [-0.4, -0.2) is 29.4 Å². The number of hydrogen-bond acceptors (Lipinski definition) is 2. The first-order valence-electron chi connectivity index (χ1n) is 6.22. The number of nitrogens with zero attached hydrogens (tertiary/aromatic N) is 1. The SMILES string of the molecule is CC(N)CCCC(=O)N1CC2CCC1C2. The second-order valence-electron chi connectivity index (χ2n) is 5.25. The van der Waals surface area contributed by atoms with Crippen molar-refractivity contribution in [2.45, 2.75) is 57.5 Å². The fraction of sp³-hybridized carbons (Fsp3) is 0.917. The highest BCUT2D eigenvalue weighted by molar-refractivity contribution is 5.77. The van der Waals surface area contributed by atoms with Gasteiger partial charge in [-0.2, -0.15) is 0 Å². The van der Waals surface area contributed by atoms with E-state index in [-0.39, 0.29) is 6.04 Å². The summed E-state index contributed by atoms with van der Waals surface area (Å²) in [7, 11) is 0. The second-order valence-corrected chi connectivity index (χ2v) is 5.25. The van der Waals surface area contributed by atoms with Crippen LogP contribution in [-0.2, 0) is 4.79 Å². The van der Waals surface area contributed by atoms with Crippen molar-refractivity contribution < 1.29 is 4.79 Å². The van der Waals surface area contributed by atoms with Gasteiger partial charge in [0.05, 0.1) is 0 Å². The third-order valence-electron chi connectivity index (χ3n) is 3.78. The fourth-order valence-corrected chi connectivity index (χ4v) is 2.95. The molecule has 1 saturated carbocycles. The maximum Gasteiger partial charge on any atom is 0.222 e. The molecule has 0 radical (unpaired) electrons. The topological polar surface area (TPSA) is 46.3 Å². The van der Waals surface area contributed by atoms with Crippen LogP contribution in [0, 0.1) is 5.92 Å². The van der Waals surface area contributed by atoms with Crippen molar-refractivity contribution in [3.8, 4) is 0 Å². The second kappa shape index (κ2) is 4.52. The number of carbonyl (C=O) groups excluding carboxylic acids is 1. The summed E-state index contributed by atoms with van der Waals surface area (Å²) in [6, 6.07) is 0.811. The molecule has 2 N–H and O–H groups in total. The van der Waals surface area contributed by atoms with Crippen LogP contribution in [0.3, 0.4) is 0 Å². The van der Waals surface area contributed by atoms with E-state index in [0.717, 1.165) is 25.3 Å². The summed E-state index contributed by atoms with van der Waals surface area (Å²) >= 11 is 0. The van der Waals surface area contributed by atoms with E-state index in [2.05, 4.69) is 4.90 Å². The van der Waals surface area contributed by atoms with E-state index < -0.39 is 0 Å². The highest BCUT2D eigenvalue weighted by Crippen LogP contribution is 2.37. The van der Waals surface area contributed by atoms with Gasteiger partial charge >= 0.3 is 0 Å². The minimum atomic E-state index is 0.229. The van der Waals surface area contributed by atoms with Crippen LogP contribution < -0.4 is 5.73 Å². The van der Waals surface area contributed by atoms with Gasteiger partial charge in [-0.05, 0) is 44.9 Å². The number of likely N-dealkylation sites (tertiary alicyclic amines) is 1. The molecule has 0 spiro atoms. The van der Waals surface area contributed by atoms with E-state index in [1.54, 1.807) is 0 Å². The third-order valence-corrected chi connectivity index (χ3v) is 3.78. The molecule has 3 nitrogen and oxygen atoms in total. The van der Waals surface area contributed by atoms with Gasteiger partial charge in [0, 0.05) is 25.0 Å². The predicted octanol–water partition coefficient (Wildman–Crippen LogP) is 1.51. The zero-order chi connectivity index (χ0) is 10.8. The van der Waals surface area contributed by atoms with Crippen molar-refractivity contribution in [1.82, 2.24) is 4.90 Å². The summed E-state index contributed by atoms with van der Waals surface area (Å²) in [5.74, 6) is 1.18. The van der Waals surface area contributed by atoms with Crippen molar-refractivity contribution in [2.75, 3.05) is 6.54 Å². The summed E-state index contributed by atoms with van der Waals surface area (Å²) in [6.45, 7) is 3.03. The summed E-state index contributed by atoms with van der Waals surface area (Å²) in [4.78, 5) is 14.0. The first kappa shape index (κ1) is 10.9. The first-order valence-corrected chi connectivity index (χ1v) is 6.22. The molecule has 3 unspecified atom stereocenters. The van der Waals surface area contributed by atoms with Gasteiger partial charge in [-0.15, -0.1) is 0 Å². The Bertz CT molecular complexity index is 240. The van der Waals surface area contributed by atoms with Gasteiger partial charge < -0.3 is 10.6 Å². The van der Waals surface area contributed by atoms with E-state index >= 15 is 0 Å². The molecule has 1 heterocycles. The Morgan fingerprint density at radius 2 is 2.33 bits per heavy atom. The lowest BCUT2D eigenvalue weighted by atomic mass is 10.1. The van der Waals surface area contributed by atoms with Crippen molar-refractivity contribution >= 4 is 5.91 Å². The number of hydrogen-bond donors (Lipinski definition) is 1. The molecule has 2 bridgehead atoms. The molecule has 86 valence electrons. The molecule has 0 aromatic rings. The zero-order valence-corrected chi connectivity index (χ0v) is 9.61. The highest BCUT2D eigenvalue weighted by atomic mass is 16.2. The highest BCUT2D eigenvalue weighted by Gasteiger charge is 2.39. The standard InChI is InChI=1S/C12H22N2O/c1-9(13)3-2-4-12(15)14-8-10-5-6-11(14)7-10/h9-11H,2-8,13H2,1H3. The van der Waals surface area contributed by atoms with Gasteiger partial charge in [-0.3, -0.25) is 4.79 Å². The van der Waals surface area contributed by atoms with E-state index in [1.165, 1.54) is 19.3 Å². The van der Waals surface area contributed by atoms with Crippen LogP contribution >= 0.6 is 0 Å².